The third-order valence-corrected chi connectivity index (χ3v) is 6.50. The second-order valence-corrected chi connectivity index (χ2v) is 9.25. The van der Waals surface area contributed by atoms with Gasteiger partial charge >= 0.3 is 0 Å². The van der Waals surface area contributed by atoms with Gasteiger partial charge in [-0.15, -0.1) is 0 Å². The van der Waals surface area contributed by atoms with Crippen LogP contribution in [-0.4, -0.2) is 35.0 Å². The second-order valence-electron chi connectivity index (χ2n) is 9.25. The van der Waals surface area contributed by atoms with Crippen LogP contribution >= 0.6 is 0 Å². The van der Waals surface area contributed by atoms with E-state index in [1.54, 1.807) is 0 Å². The van der Waals surface area contributed by atoms with E-state index in [4.69, 9.17) is 0 Å². The number of nitrogens with one attached hydrogen (secondary N) is 1. The molecule has 4 fully saturated rings. The highest BCUT2D eigenvalue weighted by atomic mass is 16.2. The summed E-state index contributed by atoms with van der Waals surface area (Å²) in [6, 6.07) is 0. The Balaban J connectivity index is 1.47. The monoisotopic (exact) mass is 292 g/mol. The van der Waals surface area contributed by atoms with E-state index in [0.717, 1.165) is 31.8 Å². The number of amides is 1. The van der Waals surface area contributed by atoms with Gasteiger partial charge in [-0.2, -0.15) is 0 Å². The standard InChI is InChI=1S/C18H32N2O/c1-13(2)17-10-18(11-17,12-17)19-15(21)14-6-8-20(9-7-14)16(3,4)5/h13-14H,6-12H2,1-5H3,(H,19,21). The Hall–Kier alpha value is -0.570. The van der Waals surface area contributed by atoms with Crippen molar-refractivity contribution in [2.24, 2.45) is 17.3 Å². The Morgan fingerprint density at radius 1 is 1.14 bits per heavy atom. The van der Waals surface area contributed by atoms with E-state index in [0.29, 0.717) is 11.3 Å². The number of hydrogen-bond donors (Lipinski definition) is 1. The summed E-state index contributed by atoms with van der Waals surface area (Å²) in [4.78, 5) is 15.0. The van der Waals surface area contributed by atoms with Crippen molar-refractivity contribution in [3.8, 4) is 0 Å². The van der Waals surface area contributed by atoms with E-state index in [1.807, 2.05) is 0 Å². The van der Waals surface area contributed by atoms with Crippen molar-refractivity contribution in [2.45, 2.75) is 77.8 Å². The van der Waals surface area contributed by atoms with Gasteiger partial charge in [0, 0.05) is 17.0 Å². The number of rotatable bonds is 3. The maximum atomic E-state index is 12.5. The minimum atomic E-state index is 0.197. The van der Waals surface area contributed by atoms with Crippen LogP contribution in [0.15, 0.2) is 0 Å². The second kappa shape index (κ2) is 4.71. The lowest BCUT2D eigenvalue weighted by atomic mass is 9.36. The lowest BCUT2D eigenvalue weighted by Crippen LogP contribution is -2.76. The van der Waals surface area contributed by atoms with E-state index in [-0.39, 0.29) is 17.0 Å². The first-order valence-corrected chi connectivity index (χ1v) is 8.73. The highest BCUT2D eigenvalue weighted by Gasteiger charge is 2.69. The van der Waals surface area contributed by atoms with Crippen LogP contribution in [0.1, 0.15) is 66.7 Å². The summed E-state index contributed by atoms with van der Waals surface area (Å²) in [5, 5.41) is 3.40. The Bertz CT molecular complexity index is 407. The first kappa shape index (κ1) is 15.3. The topological polar surface area (TPSA) is 32.3 Å². The molecule has 4 aliphatic rings. The van der Waals surface area contributed by atoms with E-state index in [9.17, 15) is 4.79 Å². The molecule has 0 unspecified atom stereocenters. The molecule has 0 aromatic heterocycles. The van der Waals surface area contributed by atoms with Crippen LogP contribution in [-0.2, 0) is 4.79 Å². The van der Waals surface area contributed by atoms with Gasteiger partial charge in [-0.3, -0.25) is 9.69 Å². The fraction of sp³-hybridized carbons (Fsp3) is 0.944. The minimum Gasteiger partial charge on any atom is -0.350 e. The van der Waals surface area contributed by atoms with Crippen LogP contribution in [0.5, 0.6) is 0 Å². The number of piperidine rings is 1. The Morgan fingerprint density at radius 3 is 2.10 bits per heavy atom. The fourth-order valence-corrected chi connectivity index (χ4v) is 4.79. The van der Waals surface area contributed by atoms with E-state index in [1.165, 1.54) is 19.3 Å². The summed E-state index contributed by atoms with van der Waals surface area (Å²) in [6.07, 6.45) is 5.72. The zero-order valence-corrected chi connectivity index (χ0v) is 14.5. The first-order valence-electron chi connectivity index (χ1n) is 8.73. The first-order chi connectivity index (χ1) is 9.66. The SMILES string of the molecule is CC(C)C12CC(NC(=O)C3CCN(C(C)(C)C)CC3)(C1)C2. The molecule has 3 saturated carbocycles. The molecule has 1 N–H and O–H groups in total. The van der Waals surface area contributed by atoms with Crippen LogP contribution < -0.4 is 5.32 Å². The molecular weight excluding hydrogens is 260 g/mol. The van der Waals surface area contributed by atoms with E-state index < -0.39 is 0 Å². The van der Waals surface area contributed by atoms with Gasteiger partial charge in [0.2, 0.25) is 5.91 Å². The Labute approximate surface area is 129 Å². The molecule has 4 rings (SSSR count). The zero-order valence-electron chi connectivity index (χ0n) is 14.5. The van der Waals surface area contributed by atoms with Crippen molar-refractivity contribution in [3.05, 3.63) is 0 Å². The Morgan fingerprint density at radius 2 is 1.67 bits per heavy atom. The molecule has 0 aromatic carbocycles. The summed E-state index contributed by atoms with van der Waals surface area (Å²) < 4.78 is 0. The van der Waals surface area contributed by atoms with Crippen LogP contribution in [0.2, 0.25) is 0 Å². The van der Waals surface area contributed by atoms with Gasteiger partial charge in [0.1, 0.15) is 0 Å². The summed E-state index contributed by atoms with van der Waals surface area (Å²) >= 11 is 0. The summed E-state index contributed by atoms with van der Waals surface area (Å²) in [6.45, 7) is 13.6. The third-order valence-electron chi connectivity index (χ3n) is 6.50. The van der Waals surface area contributed by atoms with Crippen molar-refractivity contribution in [1.82, 2.24) is 10.2 Å². The third kappa shape index (κ3) is 2.52. The lowest BCUT2D eigenvalue weighted by molar-refractivity contribution is -0.189. The predicted molar refractivity (Wildman–Crippen MR) is 86.0 cm³/mol. The molecule has 3 nitrogen and oxygen atoms in total. The molecule has 21 heavy (non-hydrogen) atoms. The average Bonchev–Trinajstić information content (AvgIpc) is 2.30. The van der Waals surface area contributed by atoms with Gasteiger partial charge in [-0.05, 0) is 77.3 Å². The molecule has 0 radical (unpaired) electrons. The van der Waals surface area contributed by atoms with Gasteiger partial charge in [0.25, 0.3) is 0 Å². The number of carbonyl (C=O) groups is 1. The molecule has 2 bridgehead atoms. The molecule has 0 atom stereocenters. The quantitative estimate of drug-likeness (QED) is 0.866. The zero-order chi connectivity index (χ0) is 15.5. The number of nitrogens with zero attached hydrogens (tertiary/aromatic N) is 1. The fourth-order valence-electron chi connectivity index (χ4n) is 4.79. The van der Waals surface area contributed by atoms with E-state index in [2.05, 4.69) is 44.8 Å². The smallest absolute Gasteiger partial charge is 0.223 e. The summed E-state index contributed by atoms with van der Waals surface area (Å²) in [5.41, 5.74) is 1.00. The number of likely N-dealkylation sites (tertiary alicyclic amines) is 1. The molecule has 0 aromatic rings. The normalized spacial score (nSPS) is 37.0. The maximum Gasteiger partial charge on any atom is 0.223 e. The molecule has 120 valence electrons. The summed E-state index contributed by atoms with van der Waals surface area (Å²) in [7, 11) is 0. The van der Waals surface area contributed by atoms with Gasteiger partial charge in [0.05, 0.1) is 0 Å². The lowest BCUT2D eigenvalue weighted by Gasteiger charge is -2.73. The average molecular weight is 292 g/mol. The van der Waals surface area contributed by atoms with E-state index >= 15 is 0 Å². The van der Waals surface area contributed by atoms with Crippen molar-refractivity contribution < 1.29 is 4.79 Å². The van der Waals surface area contributed by atoms with Crippen molar-refractivity contribution in [1.29, 1.82) is 0 Å². The van der Waals surface area contributed by atoms with Crippen LogP contribution in [0, 0.1) is 17.3 Å². The van der Waals surface area contributed by atoms with Gasteiger partial charge in [0.15, 0.2) is 0 Å². The maximum absolute atomic E-state index is 12.5. The molecule has 3 heteroatoms. The van der Waals surface area contributed by atoms with Crippen LogP contribution in [0.4, 0.5) is 0 Å². The molecule has 1 amide bonds. The van der Waals surface area contributed by atoms with Gasteiger partial charge in [-0.25, -0.2) is 0 Å². The van der Waals surface area contributed by atoms with Crippen LogP contribution in [0.3, 0.4) is 0 Å². The predicted octanol–water partition coefficient (Wildman–Crippen LogP) is 3.19. The molecule has 1 saturated heterocycles. The highest BCUT2D eigenvalue weighted by molar-refractivity contribution is 5.80. The molecule has 1 aliphatic heterocycles. The van der Waals surface area contributed by atoms with Gasteiger partial charge in [-0.1, -0.05) is 13.8 Å². The summed E-state index contributed by atoms with van der Waals surface area (Å²) in [5.74, 6) is 1.35. The molecule has 1 heterocycles. The molecule has 0 spiro atoms. The Kier molecular flexibility index (Phi) is 3.44. The highest BCUT2D eigenvalue weighted by Crippen LogP contribution is 2.70. The van der Waals surface area contributed by atoms with Crippen molar-refractivity contribution in [2.75, 3.05) is 13.1 Å². The van der Waals surface area contributed by atoms with Gasteiger partial charge < -0.3 is 5.32 Å². The minimum absolute atomic E-state index is 0.197. The van der Waals surface area contributed by atoms with Crippen LogP contribution in [0.25, 0.3) is 0 Å². The molecular formula is C18H32N2O. The molecule has 3 aliphatic carbocycles. The number of hydrogen-bond acceptors (Lipinski definition) is 2. The number of carbonyl (C=O) groups excluding carboxylic acids is 1. The largest absolute Gasteiger partial charge is 0.350 e. The van der Waals surface area contributed by atoms with Crippen molar-refractivity contribution in [3.63, 3.8) is 0 Å². The van der Waals surface area contributed by atoms with Crippen molar-refractivity contribution >= 4 is 5.91 Å².